The number of hydrogen-bond acceptors (Lipinski definition) is 4. The fraction of sp³-hybridized carbons (Fsp3) is 0.381. The largest absolute Gasteiger partial charge is 0.491 e. The number of nitrogens with one attached hydrogen (secondary N) is 1. The lowest BCUT2D eigenvalue weighted by molar-refractivity contribution is -0.126. The van der Waals surface area contributed by atoms with Crippen LogP contribution in [0.4, 0.5) is 0 Å². The molecule has 1 N–H and O–H groups in total. The van der Waals surface area contributed by atoms with E-state index in [2.05, 4.69) is 5.32 Å². The second-order valence-corrected chi connectivity index (χ2v) is 8.96. The van der Waals surface area contributed by atoms with E-state index < -0.39 is 10.0 Å². The summed E-state index contributed by atoms with van der Waals surface area (Å²) in [5.41, 5.74) is 0. The lowest BCUT2D eigenvalue weighted by Crippen LogP contribution is -2.45. The first-order valence-electron chi connectivity index (χ1n) is 9.50. The van der Waals surface area contributed by atoms with E-state index in [4.69, 9.17) is 4.74 Å². The van der Waals surface area contributed by atoms with Crippen LogP contribution in [-0.2, 0) is 14.8 Å². The molecule has 2 aromatic carbocycles. The minimum Gasteiger partial charge on any atom is -0.491 e. The topological polar surface area (TPSA) is 75.7 Å². The first-order valence-corrected chi connectivity index (χ1v) is 10.9. The summed E-state index contributed by atoms with van der Waals surface area (Å²) < 4.78 is 32.5. The van der Waals surface area contributed by atoms with Gasteiger partial charge in [-0.05, 0) is 44.0 Å². The average Bonchev–Trinajstić information content (AvgIpc) is 2.73. The Morgan fingerprint density at radius 3 is 2.25 bits per heavy atom. The number of nitrogens with zero attached hydrogens (tertiary/aromatic N) is 1. The number of piperidine rings is 1. The summed E-state index contributed by atoms with van der Waals surface area (Å²) >= 11 is 0. The number of amides is 1. The molecule has 1 atom stereocenters. The van der Waals surface area contributed by atoms with E-state index in [1.807, 2.05) is 37.3 Å². The zero-order valence-corrected chi connectivity index (χ0v) is 16.8. The predicted molar refractivity (Wildman–Crippen MR) is 107 cm³/mol. The molecule has 0 saturated carbocycles. The van der Waals surface area contributed by atoms with Crippen molar-refractivity contribution in [1.29, 1.82) is 0 Å². The lowest BCUT2D eigenvalue weighted by atomic mass is 9.97. The third-order valence-corrected chi connectivity index (χ3v) is 6.75. The van der Waals surface area contributed by atoms with Crippen molar-refractivity contribution in [3.05, 3.63) is 60.7 Å². The zero-order valence-electron chi connectivity index (χ0n) is 16.0. The van der Waals surface area contributed by atoms with E-state index in [0.717, 1.165) is 5.75 Å². The molecule has 0 bridgehead atoms. The molecule has 0 aliphatic carbocycles. The quantitative estimate of drug-likeness (QED) is 0.773. The van der Waals surface area contributed by atoms with Crippen molar-refractivity contribution in [2.24, 2.45) is 5.92 Å². The molecule has 1 unspecified atom stereocenters. The molecule has 1 fully saturated rings. The molecule has 28 heavy (non-hydrogen) atoms. The Bertz CT molecular complexity index is 864. The molecule has 1 amide bonds. The van der Waals surface area contributed by atoms with Crippen LogP contribution in [0.25, 0.3) is 0 Å². The second kappa shape index (κ2) is 9.21. The summed E-state index contributed by atoms with van der Waals surface area (Å²) in [4.78, 5) is 12.8. The van der Waals surface area contributed by atoms with Crippen LogP contribution in [0.5, 0.6) is 5.75 Å². The Balaban J connectivity index is 1.47. The van der Waals surface area contributed by atoms with E-state index >= 15 is 0 Å². The molecule has 0 radical (unpaired) electrons. The Hall–Kier alpha value is -2.38. The summed E-state index contributed by atoms with van der Waals surface area (Å²) in [5, 5.41) is 2.97. The van der Waals surface area contributed by atoms with Gasteiger partial charge in [0.15, 0.2) is 0 Å². The number of rotatable bonds is 7. The van der Waals surface area contributed by atoms with Crippen molar-refractivity contribution in [1.82, 2.24) is 9.62 Å². The SMILES string of the molecule is CC(COc1ccccc1)NC(=O)C1CCN(S(=O)(=O)c2ccccc2)CC1. The Morgan fingerprint density at radius 2 is 1.64 bits per heavy atom. The summed E-state index contributed by atoms with van der Waals surface area (Å²) in [6.45, 7) is 2.99. The standard InChI is InChI=1S/C21H26N2O4S/c1-17(16-27-19-8-4-2-5-9-19)22-21(24)18-12-14-23(15-13-18)28(25,26)20-10-6-3-7-11-20/h2-11,17-18H,12-16H2,1H3,(H,22,24). The number of carbonyl (C=O) groups excluding carboxylic acids is 1. The van der Waals surface area contributed by atoms with Gasteiger partial charge >= 0.3 is 0 Å². The van der Waals surface area contributed by atoms with Gasteiger partial charge in [-0.15, -0.1) is 0 Å². The maximum absolute atomic E-state index is 12.7. The normalized spacial score (nSPS) is 17.0. The van der Waals surface area contributed by atoms with Gasteiger partial charge in [-0.2, -0.15) is 4.31 Å². The summed E-state index contributed by atoms with van der Waals surface area (Å²) in [5.74, 6) is 0.547. The molecule has 7 heteroatoms. The highest BCUT2D eigenvalue weighted by molar-refractivity contribution is 7.89. The average molecular weight is 403 g/mol. The predicted octanol–water partition coefficient (Wildman–Crippen LogP) is 2.67. The maximum atomic E-state index is 12.7. The van der Waals surface area contributed by atoms with Crippen LogP contribution in [0.15, 0.2) is 65.6 Å². The monoisotopic (exact) mass is 402 g/mol. The number of benzene rings is 2. The lowest BCUT2D eigenvalue weighted by Gasteiger charge is -2.31. The van der Waals surface area contributed by atoms with E-state index in [1.54, 1.807) is 30.3 Å². The van der Waals surface area contributed by atoms with Gasteiger partial charge in [-0.3, -0.25) is 4.79 Å². The van der Waals surface area contributed by atoms with E-state index in [1.165, 1.54) is 4.31 Å². The molecule has 0 spiro atoms. The second-order valence-electron chi connectivity index (χ2n) is 7.03. The van der Waals surface area contributed by atoms with Gasteiger partial charge in [-0.1, -0.05) is 36.4 Å². The minimum absolute atomic E-state index is 0.0408. The Kier molecular flexibility index (Phi) is 6.70. The first kappa shape index (κ1) is 20.4. The molecule has 1 aliphatic rings. The van der Waals surface area contributed by atoms with E-state index in [0.29, 0.717) is 37.4 Å². The molecular weight excluding hydrogens is 376 g/mol. The summed E-state index contributed by atoms with van der Waals surface area (Å²) in [6, 6.07) is 17.8. The summed E-state index contributed by atoms with van der Waals surface area (Å²) in [6.07, 6.45) is 1.04. The summed E-state index contributed by atoms with van der Waals surface area (Å²) in [7, 11) is -3.49. The molecule has 1 heterocycles. The van der Waals surface area contributed by atoms with Crippen LogP contribution >= 0.6 is 0 Å². The molecule has 1 aliphatic heterocycles. The van der Waals surface area contributed by atoms with Crippen molar-refractivity contribution < 1.29 is 17.9 Å². The van der Waals surface area contributed by atoms with Crippen LogP contribution < -0.4 is 10.1 Å². The van der Waals surface area contributed by atoms with Gasteiger partial charge in [0.2, 0.25) is 15.9 Å². The number of sulfonamides is 1. The first-order chi connectivity index (χ1) is 13.5. The molecular formula is C21H26N2O4S. The van der Waals surface area contributed by atoms with Crippen LogP contribution in [0.1, 0.15) is 19.8 Å². The number of para-hydroxylation sites is 1. The molecule has 2 aromatic rings. The third kappa shape index (κ3) is 5.11. The van der Waals surface area contributed by atoms with E-state index in [-0.39, 0.29) is 17.9 Å². The van der Waals surface area contributed by atoms with Gasteiger partial charge in [0.25, 0.3) is 0 Å². The van der Waals surface area contributed by atoms with Gasteiger partial charge in [0.1, 0.15) is 12.4 Å². The van der Waals surface area contributed by atoms with Gasteiger partial charge < -0.3 is 10.1 Å². The van der Waals surface area contributed by atoms with Gasteiger partial charge in [0, 0.05) is 19.0 Å². The van der Waals surface area contributed by atoms with Crippen molar-refractivity contribution in [2.45, 2.75) is 30.7 Å². The number of carbonyl (C=O) groups is 1. The zero-order chi connectivity index (χ0) is 20.0. The van der Waals surface area contributed by atoms with Crippen LogP contribution in [0, 0.1) is 5.92 Å². The molecule has 1 saturated heterocycles. The van der Waals surface area contributed by atoms with Crippen molar-refractivity contribution in [2.75, 3.05) is 19.7 Å². The minimum atomic E-state index is -3.49. The smallest absolute Gasteiger partial charge is 0.243 e. The Labute approximate surface area is 166 Å². The van der Waals surface area contributed by atoms with Gasteiger partial charge in [0.05, 0.1) is 10.9 Å². The Morgan fingerprint density at radius 1 is 1.07 bits per heavy atom. The van der Waals surface area contributed by atoms with Crippen LogP contribution in [-0.4, -0.2) is 44.4 Å². The van der Waals surface area contributed by atoms with Crippen LogP contribution in [0.2, 0.25) is 0 Å². The third-order valence-electron chi connectivity index (χ3n) is 4.84. The molecule has 6 nitrogen and oxygen atoms in total. The van der Waals surface area contributed by atoms with Gasteiger partial charge in [-0.25, -0.2) is 8.42 Å². The van der Waals surface area contributed by atoms with Crippen molar-refractivity contribution in [3.8, 4) is 5.75 Å². The number of ether oxygens (including phenoxy) is 1. The molecule has 150 valence electrons. The highest BCUT2D eigenvalue weighted by Gasteiger charge is 2.32. The van der Waals surface area contributed by atoms with Crippen LogP contribution in [0.3, 0.4) is 0 Å². The molecule has 0 aromatic heterocycles. The fourth-order valence-corrected chi connectivity index (χ4v) is 4.73. The highest BCUT2D eigenvalue weighted by Crippen LogP contribution is 2.24. The fourth-order valence-electron chi connectivity index (χ4n) is 3.24. The van der Waals surface area contributed by atoms with Crippen molar-refractivity contribution >= 4 is 15.9 Å². The highest BCUT2D eigenvalue weighted by atomic mass is 32.2. The maximum Gasteiger partial charge on any atom is 0.243 e. The molecule has 3 rings (SSSR count). The number of hydrogen-bond donors (Lipinski definition) is 1. The van der Waals surface area contributed by atoms with E-state index in [9.17, 15) is 13.2 Å². The van der Waals surface area contributed by atoms with Crippen molar-refractivity contribution in [3.63, 3.8) is 0 Å².